The van der Waals surface area contributed by atoms with E-state index in [0.29, 0.717) is 11.3 Å². The summed E-state index contributed by atoms with van der Waals surface area (Å²) >= 11 is 1.11. The smallest absolute Gasteiger partial charge is 0.280 e. The maximum atomic E-state index is 13.6. The molecule has 1 N–H and O–H groups in total. The minimum absolute atomic E-state index is 0.136. The van der Waals surface area contributed by atoms with Crippen LogP contribution >= 0.6 is 11.5 Å². The fourth-order valence-corrected chi connectivity index (χ4v) is 4.43. The lowest BCUT2D eigenvalue weighted by Gasteiger charge is -2.32. The minimum Gasteiger partial charge on any atom is -0.351 e. The van der Waals surface area contributed by atoms with Crippen molar-refractivity contribution in [2.24, 2.45) is 0 Å². The van der Waals surface area contributed by atoms with E-state index in [2.05, 4.69) is 26.8 Å². The number of carbonyl (C=O) groups excluding carboxylic acids is 2. The van der Waals surface area contributed by atoms with Gasteiger partial charge in [0.15, 0.2) is 5.69 Å². The molecule has 1 saturated carbocycles. The molecule has 160 valence electrons. The number of hydrogen-bond donors (Lipinski definition) is 1. The molecule has 2 amide bonds. The van der Waals surface area contributed by atoms with E-state index in [1.54, 1.807) is 29.9 Å². The molecule has 0 radical (unpaired) electrons. The number of carbonyl (C=O) groups is 2. The third-order valence-electron chi connectivity index (χ3n) is 5.62. The SMILES string of the molecule is CCc1cccc(N(C(=O)c2csnn2)[C@@H](C(=O)NC2CCCC2)c2ccncc2)c1. The molecule has 0 unspecified atom stereocenters. The van der Waals surface area contributed by atoms with Crippen molar-refractivity contribution in [3.63, 3.8) is 0 Å². The molecule has 0 saturated heterocycles. The second kappa shape index (κ2) is 9.78. The average Bonchev–Trinajstić information content (AvgIpc) is 3.52. The maximum Gasteiger partial charge on any atom is 0.280 e. The summed E-state index contributed by atoms with van der Waals surface area (Å²) in [6.45, 7) is 2.06. The Labute approximate surface area is 185 Å². The predicted octanol–water partition coefficient (Wildman–Crippen LogP) is 3.94. The van der Waals surface area contributed by atoms with Gasteiger partial charge in [0.25, 0.3) is 5.91 Å². The molecule has 31 heavy (non-hydrogen) atoms. The Hall–Kier alpha value is -3.13. The molecule has 3 aromatic rings. The average molecular weight is 436 g/mol. The summed E-state index contributed by atoms with van der Waals surface area (Å²) in [4.78, 5) is 32.8. The van der Waals surface area contributed by atoms with Gasteiger partial charge < -0.3 is 5.32 Å². The minimum atomic E-state index is -0.843. The highest BCUT2D eigenvalue weighted by Gasteiger charge is 2.35. The molecule has 0 spiro atoms. The van der Waals surface area contributed by atoms with Crippen molar-refractivity contribution >= 4 is 29.0 Å². The Morgan fingerprint density at radius 1 is 1.19 bits per heavy atom. The topological polar surface area (TPSA) is 88.1 Å². The van der Waals surface area contributed by atoms with E-state index in [-0.39, 0.29) is 23.6 Å². The number of benzene rings is 1. The van der Waals surface area contributed by atoms with Crippen LogP contribution in [0, 0.1) is 0 Å². The molecular weight excluding hydrogens is 410 g/mol. The quantitative estimate of drug-likeness (QED) is 0.607. The third-order valence-corrected chi connectivity index (χ3v) is 6.13. The Morgan fingerprint density at radius 3 is 2.65 bits per heavy atom. The van der Waals surface area contributed by atoms with Gasteiger partial charge in [-0.2, -0.15) is 0 Å². The van der Waals surface area contributed by atoms with Gasteiger partial charge in [-0.15, -0.1) is 5.10 Å². The second-order valence-electron chi connectivity index (χ2n) is 7.66. The molecule has 1 aliphatic carbocycles. The summed E-state index contributed by atoms with van der Waals surface area (Å²) in [6, 6.07) is 10.6. The molecule has 4 rings (SSSR count). The van der Waals surface area contributed by atoms with Gasteiger partial charge in [-0.3, -0.25) is 19.5 Å². The lowest BCUT2D eigenvalue weighted by atomic mass is 10.0. The van der Waals surface area contributed by atoms with Crippen molar-refractivity contribution in [3.8, 4) is 0 Å². The van der Waals surface area contributed by atoms with Crippen molar-refractivity contribution in [2.75, 3.05) is 4.90 Å². The van der Waals surface area contributed by atoms with Gasteiger partial charge in [-0.25, -0.2) is 0 Å². The van der Waals surface area contributed by atoms with Gasteiger partial charge in [-0.1, -0.05) is 36.4 Å². The van der Waals surface area contributed by atoms with Crippen LogP contribution in [-0.4, -0.2) is 32.4 Å². The zero-order chi connectivity index (χ0) is 21.6. The van der Waals surface area contributed by atoms with E-state index < -0.39 is 6.04 Å². The fourth-order valence-electron chi connectivity index (χ4n) is 4.00. The third kappa shape index (κ3) is 4.80. The number of amides is 2. The van der Waals surface area contributed by atoms with Crippen molar-refractivity contribution in [1.29, 1.82) is 0 Å². The largest absolute Gasteiger partial charge is 0.351 e. The summed E-state index contributed by atoms with van der Waals surface area (Å²) in [7, 11) is 0. The molecule has 1 fully saturated rings. The Bertz CT molecular complexity index is 1020. The summed E-state index contributed by atoms with van der Waals surface area (Å²) in [6.07, 6.45) is 8.24. The van der Waals surface area contributed by atoms with Crippen molar-refractivity contribution in [1.82, 2.24) is 19.9 Å². The molecule has 2 aromatic heterocycles. The van der Waals surface area contributed by atoms with Gasteiger partial charge in [0.1, 0.15) is 6.04 Å². The zero-order valence-corrected chi connectivity index (χ0v) is 18.2. The van der Waals surface area contributed by atoms with Crippen LogP contribution in [0.4, 0.5) is 5.69 Å². The van der Waals surface area contributed by atoms with Crippen LogP contribution in [0.5, 0.6) is 0 Å². The van der Waals surface area contributed by atoms with Crippen LogP contribution in [0.2, 0.25) is 0 Å². The summed E-state index contributed by atoms with van der Waals surface area (Å²) < 4.78 is 3.85. The van der Waals surface area contributed by atoms with Gasteiger partial charge in [0, 0.05) is 29.5 Å². The van der Waals surface area contributed by atoms with E-state index in [0.717, 1.165) is 49.2 Å². The van der Waals surface area contributed by atoms with Crippen LogP contribution in [-0.2, 0) is 11.2 Å². The number of anilines is 1. The van der Waals surface area contributed by atoms with Crippen molar-refractivity contribution in [2.45, 2.75) is 51.1 Å². The van der Waals surface area contributed by atoms with Gasteiger partial charge >= 0.3 is 0 Å². The van der Waals surface area contributed by atoms with E-state index >= 15 is 0 Å². The van der Waals surface area contributed by atoms with Crippen molar-refractivity contribution < 1.29 is 9.59 Å². The number of hydrogen-bond acceptors (Lipinski definition) is 6. The number of pyridine rings is 1. The molecule has 8 heteroatoms. The highest BCUT2D eigenvalue weighted by atomic mass is 32.1. The fraction of sp³-hybridized carbons (Fsp3) is 0.348. The molecular formula is C23H25N5O2S. The van der Waals surface area contributed by atoms with Gasteiger partial charge in [-0.05, 0) is 66.2 Å². The van der Waals surface area contributed by atoms with E-state index in [1.807, 2.05) is 24.3 Å². The van der Waals surface area contributed by atoms with Crippen LogP contribution in [0.1, 0.15) is 60.3 Å². The first-order valence-corrected chi connectivity index (χ1v) is 11.4. The van der Waals surface area contributed by atoms with E-state index in [9.17, 15) is 9.59 Å². The number of nitrogens with zero attached hydrogens (tertiary/aromatic N) is 4. The normalized spacial score (nSPS) is 14.9. The van der Waals surface area contributed by atoms with Crippen LogP contribution < -0.4 is 10.2 Å². The van der Waals surface area contributed by atoms with Gasteiger partial charge in [0.2, 0.25) is 5.91 Å². The highest BCUT2D eigenvalue weighted by molar-refractivity contribution is 7.03. The van der Waals surface area contributed by atoms with E-state index in [4.69, 9.17) is 0 Å². The van der Waals surface area contributed by atoms with Crippen molar-refractivity contribution in [3.05, 3.63) is 71.0 Å². The Kier molecular flexibility index (Phi) is 6.66. The highest BCUT2D eigenvalue weighted by Crippen LogP contribution is 2.31. The van der Waals surface area contributed by atoms with Crippen LogP contribution in [0.25, 0.3) is 0 Å². The Balaban J connectivity index is 1.80. The maximum absolute atomic E-state index is 13.6. The van der Waals surface area contributed by atoms with Gasteiger partial charge in [0.05, 0.1) is 0 Å². The lowest BCUT2D eigenvalue weighted by Crippen LogP contribution is -2.46. The second-order valence-corrected chi connectivity index (χ2v) is 8.27. The molecule has 7 nitrogen and oxygen atoms in total. The van der Waals surface area contributed by atoms with Crippen LogP contribution in [0.15, 0.2) is 54.2 Å². The number of aryl methyl sites for hydroxylation is 1. The molecule has 1 atom stereocenters. The zero-order valence-electron chi connectivity index (χ0n) is 17.4. The Morgan fingerprint density at radius 2 is 1.97 bits per heavy atom. The number of rotatable bonds is 7. The van der Waals surface area contributed by atoms with E-state index in [1.165, 1.54) is 4.90 Å². The molecule has 0 aliphatic heterocycles. The number of nitrogens with one attached hydrogen (secondary N) is 1. The summed E-state index contributed by atoms with van der Waals surface area (Å²) in [5.74, 6) is -0.554. The molecule has 1 aliphatic rings. The predicted molar refractivity (Wildman–Crippen MR) is 120 cm³/mol. The first-order chi connectivity index (χ1) is 15.2. The summed E-state index contributed by atoms with van der Waals surface area (Å²) in [5, 5.41) is 8.76. The lowest BCUT2D eigenvalue weighted by molar-refractivity contribution is -0.123. The molecule has 2 heterocycles. The van der Waals surface area contributed by atoms with Crippen LogP contribution in [0.3, 0.4) is 0 Å². The monoisotopic (exact) mass is 435 g/mol. The molecule has 0 bridgehead atoms. The first-order valence-electron chi connectivity index (χ1n) is 10.6. The molecule has 1 aromatic carbocycles. The first kappa shape index (κ1) is 21.1. The number of aromatic nitrogens is 3. The standard InChI is InChI=1S/C23H25N5O2S/c1-2-16-6-5-9-19(14-16)28(23(30)20-15-31-27-26-20)21(17-10-12-24-13-11-17)22(29)25-18-7-3-4-8-18/h5-6,9-15,18,21H,2-4,7-8H2,1H3,(H,25,29)/t21-/m1/s1. The summed E-state index contributed by atoms with van der Waals surface area (Å²) in [5.41, 5.74) is 2.65.